The molecule has 73 valence electrons. The van der Waals surface area contributed by atoms with Crippen molar-refractivity contribution in [2.45, 2.75) is 46.0 Å². The zero-order chi connectivity index (χ0) is 9.52. The van der Waals surface area contributed by atoms with Gasteiger partial charge in [0.05, 0.1) is 0 Å². The van der Waals surface area contributed by atoms with Gasteiger partial charge in [0.2, 0.25) is 0 Å². The summed E-state index contributed by atoms with van der Waals surface area (Å²) >= 11 is 0. The molecule has 1 rings (SSSR count). The molecule has 1 atom stereocenters. The second kappa shape index (κ2) is 6.01. The molecule has 0 saturated heterocycles. The third-order valence-corrected chi connectivity index (χ3v) is 2.59. The van der Waals surface area contributed by atoms with Gasteiger partial charge >= 0.3 is 0 Å². The van der Waals surface area contributed by atoms with Gasteiger partial charge < -0.3 is 0 Å². The van der Waals surface area contributed by atoms with Crippen LogP contribution in [-0.2, 0) is 0 Å². The van der Waals surface area contributed by atoms with Gasteiger partial charge in [-0.25, -0.2) is 0 Å². The summed E-state index contributed by atoms with van der Waals surface area (Å²) in [4.78, 5) is 0. The van der Waals surface area contributed by atoms with E-state index in [0.717, 1.165) is 5.92 Å². The van der Waals surface area contributed by atoms with Crippen LogP contribution < -0.4 is 0 Å². The van der Waals surface area contributed by atoms with E-state index in [2.05, 4.69) is 38.5 Å². The highest BCUT2D eigenvalue weighted by Crippen LogP contribution is 2.22. The molecule has 0 heteroatoms. The molecule has 0 N–H and O–H groups in total. The Hall–Kier alpha value is -0.520. The first-order chi connectivity index (χ1) is 6.36. The van der Waals surface area contributed by atoms with Crippen molar-refractivity contribution in [3.63, 3.8) is 0 Å². The second-order valence-electron chi connectivity index (χ2n) is 3.81. The van der Waals surface area contributed by atoms with Crippen molar-refractivity contribution in [1.29, 1.82) is 0 Å². The first kappa shape index (κ1) is 10.6. The van der Waals surface area contributed by atoms with Gasteiger partial charge in [-0.05, 0) is 31.6 Å². The minimum Gasteiger partial charge on any atom is -0.0837 e. The van der Waals surface area contributed by atoms with E-state index in [-0.39, 0.29) is 0 Å². The van der Waals surface area contributed by atoms with E-state index in [0.29, 0.717) is 0 Å². The molecule has 1 aliphatic rings. The maximum absolute atomic E-state index is 2.45. The van der Waals surface area contributed by atoms with Gasteiger partial charge in [-0.2, -0.15) is 0 Å². The lowest BCUT2D eigenvalue weighted by Crippen LogP contribution is -2.00. The number of hydrogen-bond donors (Lipinski definition) is 0. The molecular formula is C13H21. The van der Waals surface area contributed by atoms with Crippen LogP contribution in [0, 0.1) is 12.3 Å². The molecule has 0 nitrogen and oxygen atoms in total. The van der Waals surface area contributed by atoms with Gasteiger partial charge in [-0.3, -0.25) is 0 Å². The Morgan fingerprint density at radius 1 is 1.46 bits per heavy atom. The molecule has 1 radical (unpaired) electrons. The summed E-state index contributed by atoms with van der Waals surface area (Å²) in [5.41, 5.74) is 1.51. The largest absolute Gasteiger partial charge is 0.0837 e. The summed E-state index contributed by atoms with van der Waals surface area (Å²) in [6.45, 7) is 4.47. The Labute approximate surface area is 82.7 Å². The van der Waals surface area contributed by atoms with E-state index < -0.39 is 0 Å². The van der Waals surface area contributed by atoms with Crippen LogP contribution in [0.2, 0.25) is 0 Å². The molecule has 0 aromatic heterocycles. The third kappa shape index (κ3) is 3.80. The molecule has 0 aliphatic heterocycles. The fourth-order valence-corrected chi connectivity index (χ4v) is 1.76. The number of rotatable bonds is 5. The van der Waals surface area contributed by atoms with Crippen LogP contribution in [0.5, 0.6) is 0 Å². The number of hydrogen-bond acceptors (Lipinski definition) is 0. The highest BCUT2D eigenvalue weighted by Gasteiger charge is 2.07. The summed E-state index contributed by atoms with van der Waals surface area (Å²) in [7, 11) is 0. The number of unbranched alkanes of at least 4 members (excludes halogenated alkanes) is 2. The maximum atomic E-state index is 2.45. The summed E-state index contributed by atoms with van der Waals surface area (Å²) in [6, 6.07) is 0. The van der Waals surface area contributed by atoms with Gasteiger partial charge in [-0.1, -0.05) is 50.5 Å². The summed E-state index contributed by atoms with van der Waals surface area (Å²) in [5, 5.41) is 0. The average molecular weight is 177 g/mol. The Kier molecular flexibility index (Phi) is 4.88. The zero-order valence-electron chi connectivity index (χ0n) is 8.92. The summed E-state index contributed by atoms with van der Waals surface area (Å²) in [6.07, 6.45) is 15.7. The van der Waals surface area contributed by atoms with Gasteiger partial charge in [0.15, 0.2) is 0 Å². The van der Waals surface area contributed by atoms with Crippen molar-refractivity contribution >= 4 is 0 Å². The molecule has 0 amide bonds. The van der Waals surface area contributed by atoms with Crippen molar-refractivity contribution in [2.24, 2.45) is 5.92 Å². The first-order valence-corrected chi connectivity index (χ1v) is 5.55. The summed E-state index contributed by atoms with van der Waals surface area (Å²) < 4.78 is 0. The highest BCUT2D eigenvalue weighted by atomic mass is 14.1. The average Bonchev–Trinajstić information content (AvgIpc) is 2.19. The Morgan fingerprint density at radius 3 is 3.00 bits per heavy atom. The molecule has 0 aromatic carbocycles. The summed E-state index contributed by atoms with van der Waals surface area (Å²) in [5.74, 6) is 0.784. The second-order valence-corrected chi connectivity index (χ2v) is 3.81. The molecule has 0 heterocycles. The van der Waals surface area contributed by atoms with Crippen molar-refractivity contribution in [1.82, 2.24) is 0 Å². The van der Waals surface area contributed by atoms with Gasteiger partial charge in [0.25, 0.3) is 0 Å². The Morgan fingerprint density at radius 2 is 2.31 bits per heavy atom. The van der Waals surface area contributed by atoms with Gasteiger partial charge in [0, 0.05) is 0 Å². The molecule has 0 bridgehead atoms. The van der Waals surface area contributed by atoms with Crippen molar-refractivity contribution < 1.29 is 0 Å². The topological polar surface area (TPSA) is 0 Å². The van der Waals surface area contributed by atoms with Crippen molar-refractivity contribution in [2.75, 3.05) is 0 Å². The minimum atomic E-state index is 0.784. The molecule has 0 spiro atoms. The normalized spacial score (nSPS) is 21.7. The van der Waals surface area contributed by atoms with Crippen LogP contribution in [0.1, 0.15) is 46.0 Å². The SMILES string of the molecule is CCC[CH]CC1C=C(CC)C=CC1. The standard InChI is InChI=1S/C13H21/c1-3-5-6-8-13-10-7-9-12(4-2)11-13/h6-7,9,11,13H,3-5,8,10H2,1-2H3. The molecule has 0 fully saturated rings. The van der Waals surface area contributed by atoms with E-state index in [1.165, 1.54) is 37.7 Å². The molecule has 1 aliphatic carbocycles. The van der Waals surface area contributed by atoms with Gasteiger partial charge in [0.1, 0.15) is 0 Å². The van der Waals surface area contributed by atoms with E-state index in [9.17, 15) is 0 Å². The highest BCUT2D eigenvalue weighted by molar-refractivity contribution is 5.23. The first-order valence-electron chi connectivity index (χ1n) is 5.55. The van der Waals surface area contributed by atoms with Crippen LogP contribution in [-0.4, -0.2) is 0 Å². The molecule has 1 unspecified atom stereocenters. The molecule has 13 heavy (non-hydrogen) atoms. The van der Waals surface area contributed by atoms with E-state index in [1.807, 2.05) is 0 Å². The van der Waals surface area contributed by atoms with Gasteiger partial charge in [-0.15, -0.1) is 0 Å². The quantitative estimate of drug-likeness (QED) is 0.549. The lowest BCUT2D eigenvalue weighted by molar-refractivity contribution is 0.616. The lowest BCUT2D eigenvalue weighted by atomic mass is 9.91. The van der Waals surface area contributed by atoms with E-state index >= 15 is 0 Å². The lowest BCUT2D eigenvalue weighted by Gasteiger charge is -2.15. The van der Waals surface area contributed by atoms with Crippen LogP contribution in [0.15, 0.2) is 23.8 Å². The van der Waals surface area contributed by atoms with Crippen LogP contribution in [0.25, 0.3) is 0 Å². The molecular weight excluding hydrogens is 156 g/mol. The smallest absolute Gasteiger partial charge is 0.0190 e. The Balaban J connectivity index is 2.27. The van der Waals surface area contributed by atoms with E-state index in [1.54, 1.807) is 0 Å². The monoisotopic (exact) mass is 177 g/mol. The molecule has 0 aromatic rings. The predicted molar refractivity (Wildman–Crippen MR) is 59.4 cm³/mol. The third-order valence-electron chi connectivity index (χ3n) is 2.59. The van der Waals surface area contributed by atoms with Crippen LogP contribution in [0.3, 0.4) is 0 Å². The fraction of sp³-hybridized carbons (Fsp3) is 0.615. The van der Waals surface area contributed by atoms with Crippen LogP contribution >= 0.6 is 0 Å². The maximum Gasteiger partial charge on any atom is -0.0190 e. The van der Waals surface area contributed by atoms with Crippen LogP contribution in [0.4, 0.5) is 0 Å². The predicted octanol–water partition coefficient (Wildman–Crippen LogP) is 4.29. The van der Waals surface area contributed by atoms with E-state index in [4.69, 9.17) is 0 Å². The fourth-order valence-electron chi connectivity index (χ4n) is 1.76. The molecule has 0 saturated carbocycles. The van der Waals surface area contributed by atoms with Crippen molar-refractivity contribution in [3.05, 3.63) is 30.2 Å². The Bertz CT molecular complexity index is 186. The minimum absolute atomic E-state index is 0.784. The van der Waals surface area contributed by atoms with Crippen molar-refractivity contribution in [3.8, 4) is 0 Å². The number of allylic oxidation sites excluding steroid dienone is 4. The zero-order valence-corrected chi connectivity index (χ0v) is 8.92.